The zero-order valence-electron chi connectivity index (χ0n) is 11.7. The summed E-state index contributed by atoms with van der Waals surface area (Å²) in [5, 5.41) is 9.64. The predicted molar refractivity (Wildman–Crippen MR) is 73.8 cm³/mol. The molecule has 4 heteroatoms. The summed E-state index contributed by atoms with van der Waals surface area (Å²) >= 11 is 0. The van der Waals surface area contributed by atoms with Gasteiger partial charge in [0.2, 0.25) is 0 Å². The van der Waals surface area contributed by atoms with E-state index >= 15 is 0 Å². The number of aliphatic hydroxyl groups is 1. The summed E-state index contributed by atoms with van der Waals surface area (Å²) < 4.78 is 0. The number of nitrogens with zero attached hydrogens (tertiary/aromatic N) is 3. The summed E-state index contributed by atoms with van der Waals surface area (Å²) in [5.74, 6) is 0.967. The van der Waals surface area contributed by atoms with Crippen LogP contribution in [0.2, 0.25) is 0 Å². The normalized spacial score (nSPS) is 21.9. The Morgan fingerprint density at radius 3 is 2.72 bits per heavy atom. The van der Waals surface area contributed by atoms with Gasteiger partial charge in [0.1, 0.15) is 5.82 Å². The first-order valence-electron chi connectivity index (χ1n) is 6.50. The molecule has 0 saturated carbocycles. The van der Waals surface area contributed by atoms with Crippen molar-refractivity contribution in [2.45, 2.75) is 32.4 Å². The summed E-state index contributed by atoms with van der Waals surface area (Å²) in [4.78, 5) is 9.11. The van der Waals surface area contributed by atoms with Gasteiger partial charge in [0, 0.05) is 31.4 Å². The number of anilines is 1. The molecule has 0 spiro atoms. The molecule has 0 aliphatic carbocycles. The van der Waals surface area contributed by atoms with Crippen LogP contribution in [0.4, 0.5) is 5.82 Å². The third-order valence-electron chi connectivity index (χ3n) is 3.89. The van der Waals surface area contributed by atoms with Crippen molar-refractivity contribution in [1.82, 2.24) is 9.88 Å². The lowest BCUT2D eigenvalue weighted by atomic mass is 9.99. The zero-order chi connectivity index (χ0) is 13.3. The molecule has 1 saturated heterocycles. The lowest BCUT2D eigenvalue weighted by Crippen LogP contribution is -2.57. The highest BCUT2D eigenvalue weighted by Crippen LogP contribution is 2.24. The Balaban J connectivity index is 2.19. The lowest BCUT2D eigenvalue weighted by molar-refractivity contribution is 0.138. The Hall–Kier alpha value is -1.13. The fourth-order valence-electron chi connectivity index (χ4n) is 2.30. The highest BCUT2D eigenvalue weighted by atomic mass is 16.3. The van der Waals surface area contributed by atoms with Crippen LogP contribution in [0.5, 0.6) is 0 Å². The second kappa shape index (κ2) is 4.86. The zero-order valence-corrected chi connectivity index (χ0v) is 11.7. The summed E-state index contributed by atoms with van der Waals surface area (Å²) in [6.07, 6.45) is 1.34. The van der Waals surface area contributed by atoms with Crippen LogP contribution in [0.1, 0.15) is 32.4 Å². The maximum Gasteiger partial charge on any atom is 0.128 e. The molecule has 1 N–H and O–H groups in total. The van der Waals surface area contributed by atoms with Crippen LogP contribution in [-0.4, -0.2) is 47.2 Å². The minimum Gasteiger partial charge on any atom is -0.389 e. The third-order valence-corrected chi connectivity index (χ3v) is 3.89. The molecule has 1 aliphatic heterocycles. The van der Waals surface area contributed by atoms with Gasteiger partial charge >= 0.3 is 0 Å². The van der Waals surface area contributed by atoms with Gasteiger partial charge in [-0.15, -0.1) is 0 Å². The topological polar surface area (TPSA) is 39.6 Å². The first-order valence-corrected chi connectivity index (χ1v) is 6.50. The van der Waals surface area contributed by atoms with Gasteiger partial charge in [0.25, 0.3) is 0 Å². The van der Waals surface area contributed by atoms with E-state index in [2.05, 4.69) is 35.7 Å². The minimum atomic E-state index is -0.438. The maximum absolute atomic E-state index is 9.64. The third kappa shape index (κ3) is 2.65. The van der Waals surface area contributed by atoms with Crippen molar-refractivity contribution in [2.24, 2.45) is 0 Å². The number of pyridine rings is 1. The second-order valence-electron chi connectivity index (χ2n) is 5.78. The Morgan fingerprint density at radius 1 is 1.39 bits per heavy atom. The van der Waals surface area contributed by atoms with Crippen LogP contribution < -0.4 is 4.90 Å². The number of hydrogen-bond donors (Lipinski definition) is 1. The van der Waals surface area contributed by atoms with E-state index in [0.717, 1.165) is 31.0 Å². The lowest BCUT2D eigenvalue weighted by Gasteiger charge is -2.45. The van der Waals surface area contributed by atoms with E-state index in [0.29, 0.717) is 0 Å². The van der Waals surface area contributed by atoms with Crippen molar-refractivity contribution in [3.63, 3.8) is 0 Å². The monoisotopic (exact) mass is 249 g/mol. The Labute approximate surface area is 109 Å². The maximum atomic E-state index is 9.64. The minimum absolute atomic E-state index is 0.154. The smallest absolute Gasteiger partial charge is 0.128 e. The number of likely N-dealkylation sites (N-methyl/N-ethyl adjacent to an activating group) is 1. The molecule has 1 fully saturated rings. The average molecular weight is 249 g/mol. The van der Waals surface area contributed by atoms with Crippen LogP contribution in [0.3, 0.4) is 0 Å². The van der Waals surface area contributed by atoms with Gasteiger partial charge in [-0.25, -0.2) is 4.98 Å². The first-order chi connectivity index (χ1) is 8.40. The molecule has 1 unspecified atom stereocenters. The van der Waals surface area contributed by atoms with Gasteiger partial charge in [-0.05, 0) is 45.5 Å². The molecule has 100 valence electrons. The van der Waals surface area contributed by atoms with Gasteiger partial charge in [-0.2, -0.15) is 0 Å². The Bertz CT molecular complexity index is 417. The van der Waals surface area contributed by atoms with Crippen LogP contribution in [0.15, 0.2) is 18.3 Å². The standard InChI is InChI=1S/C14H23N3O/c1-11(18)12-5-6-15-13(9-12)17-8-7-16(4)14(2,3)10-17/h5-6,9,11,18H,7-8,10H2,1-4H3. The Kier molecular flexibility index (Phi) is 3.59. The van der Waals surface area contributed by atoms with Crippen LogP contribution in [0.25, 0.3) is 0 Å². The molecule has 4 nitrogen and oxygen atoms in total. The quantitative estimate of drug-likeness (QED) is 0.865. The average Bonchev–Trinajstić information content (AvgIpc) is 2.33. The number of piperazine rings is 1. The predicted octanol–water partition coefficient (Wildman–Crippen LogP) is 1.67. The van der Waals surface area contributed by atoms with Crippen molar-refractivity contribution in [1.29, 1.82) is 0 Å². The fourth-order valence-corrected chi connectivity index (χ4v) is 2.30. The summed E-state index contributed by atoms with van der Waals surface area (Å²) in [5.41, 5.74) is 1.08. The van der Waals surface area contributed by atoms with Crippen molar-refractivity contribution in [3.8, 4) is 0 Å². The fraction of sp³-hybridized carbons (Fsp3) is 0.643. The molecule has 2 rings (SSSR count). The molecule has 1 aromatic rings. The molecule has 1 atom stereocenters. The van der Waals surface area contributed by atoms with E-state index in [9.17, 15) is 5.11 Å². The molecule has 0 aromatic carbocycles. The van der Waals surface area contributed by atoms with Gasteiger partial charge < -0.3 is 10.0 Å². The molecule has 18 heavy (non-hydrogen) atoms. The Morgan fingerprint density at radius 2 is 2.11 bits per heavy atom. The summed E-state index contributed by atoms with van der Waals surface area (Å²) in [6, 6.07) is 3.86. The van der Waals surface area contributed by atoms with Gasteiger partial charge in [-0.3, -0.25) is 4.90 Å². The molecule has 0 amide bonds. The van der Waals surface area contributed by atoms with Crippen molar-refractivity contribution >= 4 is 5.82 Å². The summed E-state index contributed by atoms with van der Waals surface area (Å²) in [6.45, 7) is 9.26. The number of aliphatic hydroxyl groups excluding tert-OH is 1. The van der Waals surface area contributed by atoms with Crippen molar-refractivity contribution in [3.05, 3.63) is 23.9 Å². The van der Waals surface area contributed by atoms with E-state index < -0.39 is 6.10 Å². The molecular formula is C14H23N3O. The molecule has 2 heterocycles. The molecule has 1 aliphatic rings. The van der Waals surface area contributed by atoms with Crippen LogP contribution in [0, 0.1) is 0 Å². The second-order valence-corrected chi connectivity index (χ2v) is 5.78. The molecule has 1 aromatic heterocycles. The van der Waals surface area contributed by atoms with Crippen molar-refractivity contribution < 1.29 is 5.11 Å². The molecule has 0 radical (unpaired) electrons. The summed E-state index contributed by atoms with van der Waals surface area (Å²) in [7, 11) is 2.16. The number of aromatic nitrogens is 1. The van der Waals surface area contributed by atoms with Crippen LogP contribution in [-0.2, 0) is 0 Å². The van der Waals surface area contributed by atoms with E-state index in [1.807, 2.05) is 12.1 Å². The molecular weight excluding hydrogens is 226 g/mol. The number of rotatable bonds is 2. The molecule has 0 bridgehead atoms. The van der Waals surface area contributed by atoms with E-state index in [1.54, 1.807) is 13.1 Å². The van der Waals surface area contributed by atoms with Gasteiger partial charge in [0.05, 0.1) is 6.10 Å². The first kappa shape index (κ1) is 13.3. The van der Waals surface area contributed by atoms with E-state index in [-0.39, 0.29) is 5.54 Å². The van der Waals surface area contributed by atoms with E-state index in [1.165, 1.54) is 0 Å². The van der Waals surface area contributed by atoms with E-state index in [4.69, 9.17) is 0 Å². The van der Waals surface area contributed by atoms with Crippen molar-refractivity contribution in [2.75, 3.05) is 31.6 Å². The highest BCUT2D eigenvalue weighted by molar-refractivity contribution is 5.42. The van der Waals surface area contributed by atoms with Gasteiger partial charge in [-0.1, -0.05) is 0 Å². The van der Waals surface area contributed by atoms with Crippen LogP contribution >= 0.6 is 0 Å². The SMILES string of the molecule is CC(O)c1ccnc(N2CCN(C)C(C)(C)C2)c1. The number of hydrogen-bond acceptors (Lipinski definition) is 4. The largest absolute Gasteiger partial charge is 0.389 e. The van der Waals surface area contributed by atoms with Gasteiger partial charge in [0.15, 0.2) is 0 Å². The highest BCUT2D eigenvalue weighted by Gasteiger charge is 2.31.